The molecule has 0 aromatic heterocycles. The van der Waals surface area contributed by atoms with Crippen LogP contribution in [0.2, 0.25) is 0 Å². The summed E-state index contributed by atoms with van der Waals surface area (Å²) < 4.78 is 49.0. The first-order valence-electron chi connectivity index (χ1n) is 6.31. The number of alkyl halides is 2. The number of halogens is 2. The summed E-state index contributed by atoms with van der Waals surface area (Å²) in [5.41, 5.74) is -0.0189. The van der Waals surface area contributed by atoms with Gasteiger partial charge in [0, 0.05) is 6.04 Å². The summed E-state index contributed by atoms with van der Waals surface area (Å²) in [7, 11) is -4.80. The largest absolute Gasteiger partial charge is 0.480 e. The molecule has 1 aromatic rings. The average Bonchev–Trinajstić information content (AvgIpc) is 2.43. The second-order valence-corrected chi connectivity index (χ2v) is 6.44. The molecule has 0 aliphatic rings. The van der Waals surface area contributed by atoms with Crippen molar-refractivity contribution in [3.63, 3.8) is 0 Å². The van der Waals surface area contributed by atoms with Crippen LogP contribution in [0.1, 0.15) is 20.3 Å². The zero-order valence-electron chi connectivity index (χ0n) is 11.7. The molecule has 5 nitrogen and oxygen atoms in total. The van der Waals surface area contributed by atoms with Crippen LogP contribution in [0.25, 0.3) is 0 Å². The number of nitrogens with zero attached hydrogens (tertiary/aromatic N) is 1. The first-order chi connectivity index (χ1) is 9.71. The van der Waals surface area contributed by atoms with Crippen molar-refractivity contribution in [2.45, 2.75) is 37.0 Å². The molecule has 118 valence electrons. The zero-order chi connectivity index (χ0) is 16.2. The Bertz CT molecular complexity index is 604. The Hall–Kier alpha value is -1.70. The summed E-state index contributed by atoms with van der Waals surface area (Å²) in [4.78, 5) is 11.7. The third-order valence-electron chi connectivity index (χ3n) is 3.14. The molecule has 8 heteroatoms. The van der Waals surface area contributed by atoms with Crippen LogP contribution in [0.5, 0.6) is 0 Å². The van der Waals surface area contributed by atoms with Gasteiger partial charge in [-0.15, -0.1) is 0 Å². The van der Waals surface area contributed by atoms with Gasteiger partial charge in [0.2, 0.25) is 9.84 Å². The molecule has 0 amide bonds. The van der Waals surface area contributed by atoms with E-state index in [1.807, 2.05) is 0 Å². The van der Waals surface area contributed by atoms with Crippen LogP contribution in [-0.4, -0.2) is 37.8 Å². The van der Waals surface area contributed by atoms with Gasteiger partial charge in [-0.1, -0.05) is 19.1 Å². The standard InChI is InChI=1S/C13H17F2NO4S/c1-3-9(2)16(8-12(17)18)10-6-4-5-7-11(10)21(19,20)13(14)15/h4-7,9,13H,3,8H2,1-2H3,(H,17,18). The Morgan fingerprint density at radius 2 is 1.90 bits per heavy atom. The predicted octanol–water partition coefficient (Wildman–Crippen LogP) is 2.37. The monoisotopic (exact) mass is 321 g/mol. The molecule has 0 saturated carbocycles. The number of benzene rings is 1. The van der Waals surface area contributed by atoms with E-state index in [1.165, 1.54) is 23.1 Å². The van der Waals surface area contributed by atoms with Gasteiger partial charge in [-0.3, -0.25) is 4.79 Å². The Labute approximate surface area is 122 Å². The Morgan fingerprint density at radius 1 is 1.33 bits per heavy atom. The third-order valence-corrected chi connectivity index (χ3v) is 4.57. The number of rotatable bonds is 7. The molecule has 1 unspecified atom stereocenters. The Kier molecular flexibility index (Phi) is 5.65. The van der Waals surface area contributed by atoms with Crippen molar-refractivity contribution in [1.82, 2.24) is 0 Å². The lowest BCUT2D eigenvalue weighted by atomic mass is 10.2. The second kappa shape index (κ2) is 6.84. The molecule has 0 saturated heterocycles. The van der Waals surface area contributed by atoms with E-state index < -0.39 is 33.0 Å². The molecular weight excluding hydrogens is 304 g/mol. The molecule has 1 atom stereocenters. The highest BCUT2D eigenvalue weighted by molar-refractivity contribution is 7.91. The number of carbonyl (C=O) groups is 1. The van der Waals surface area contributed by atoms with Gasteiger partial charge in [0.1, 0.15) is 6.54 Å². The van der Waals surface area contributed by atoms with Crippen LogP contribution < -0.4 is 4.90 Å². The van der Waals surface area contributed by atoms with E-state index in [9.17, 15) is 22.0 Å². The maximum atomic E-state index is 12.8. The molecule has 0 fully saturated rings. The molecule has 0 aliphatic carbocycles. The quantitative estimate of drug-likeness (QED) is 0.834. The molecule has 0 aliphatic heterocycles. The number of para-hydroxylation sites is 1. The van der Waals surface area contributed by atoms with Crippen molar-refractivity contribution in [1.29, 1.82) is 0 Å². The van der Waals surface area contributed by atoms with Gasteiger partial charge >= 0.3 is 11.7 Å². The fourth-order valence-electron chi connectivity index (χ4n) is 1.88. The zero-order valence-corrected chi connectivity index (χ0v) is 12.5. The maximum Gasteiger partial charge on any atom is 0.341 e. The average molecular weight is 321 g/mol. The first kappa shape index (κ1) is 17.4. The summed E-state index contributed by atoms with van der Waals surface area (Å²) >= 11 is 0. The van der Waals surface area contributed by atoms with Crippen LogP contribution in [0.3, 0.4) is 0 Å². The van der Waals surface area contributed by atoms with Crippen LogP contribution in [-0.2, 0) is 14.6 Å². The van der Waals surface area contributed by atoms with Crippen molar-refractivity contribution in [2.24, 2.45) is 0 Å². The van der Waals surface area contributed by atoms with Crippen LogP contribution in [0.4, 0.5) is 14.5 Å². The normalized spacial score (nSPS) is 13.2. The summed E-state index contributed by atoms with van der Waals surface area (Å²) in [5, 5.41) is 8.95. The number of hydrogen-bond donors (Lipinski definition) is 1. The number of sulfone groups is 1. The van der Waals surface area contributed by atoms with Gasteiger partial charge < -0.3 is 10.0 Å². The predicted molar refractivity (Wildman–Crippen MR) is 74.4 cm³/mol. The maximum absolute atomic E-state index is 12.8. The van der Waals surface area contributed by atoms with E-state index in [2.05, 4.69) is 0 Å². The van der Waals surface area contributed by atoms with E-state index in [0.717, 1.165) is 6.07 Å². The molecule has 21 heavy (non-hydrogen) atoms. The number of aliphatic carboxylic acids is 1. The van der Waals surface area contributed by atoms with E-state index in [4.69, 9.17) is 5.11 Å². The first-order valence-corrected chi connectivity index (χ1v) is 7.86. The summed E-state index contributed by atoms with van der Waals surface area (Å²) in [6, 6.07) is 4.90. The highest BCUT2D eigenvalue weighted by atomic mass is 32.2. The van der Waals surface area contributed by atoms with E-state index >= 15 is 0 Å². The van der Waals surface area contributed by atoms with Crippen LogP contribution in [0.15, 0.2) is 29.2 Å². The summed E-state index contributed by atoms with van der Waals surface area (Å²) in [5.74, 6) is -4.72. The molecule has 0 radical (unpaired) electrons. The summed E-state index contributed by atoms with van der Waals surface area (Å²) in [6.07, 6.45) is 0.538. The van der Waals surface area contributed by atoms with Crippen LogP contribution in [0, 0.1) is 0 Å². The second-order valence-electron chi connectivity index (χ2n) is 4.55. The number of hydrogen-bond acceptors (Lipinski definition) is 4. The lowest BCUT2D eigenvalue weighted by Gasteiger charge is -2.30. The highest BCUT2D eigenvalue weighted by Crippen LogP contribution is 2.30. The smallest absolute Gasteiger partial charge is 0.341 e. The fraction of sp³-hybridized carbons (Fsp3) is 0.462. The van der Waals surface area contributed by atoms with Crippen molar-refractivity contribution >= 4 is 21.5 Å². The van der Waals surface area contributed by atoms with Crippen molar-refractivity contribution < 1.29 is 27.1 Å². The topological polar surface area (TPSA) is 74.7 Å². The van der Waals surface area contributed by atoms with E-state index in [-0.39, 0.29) is 11.7 Å². The SMILES string of the molecule is CCC(C)N(CC(=O)O)c1ccccc1S(=O)(=O)C(F)F. The van der Waals surface area contributed by atoms with Gasteiger partial charge in [-0.25, -0.2) is 8.42 Å². The van der Waals surface area contributed by atoms with E-state index in [0.29, 0.717) is 6.42 Å². The van der Waals surface area contributed by atoms with Gasteiger partial charge in [0.05, 0.1) is 10.6 Å². The molecule has 1 N–H and O–H groups in total. The van der Waals surface area contributed by atoms with Gasteiger partial charge in [-0.2, -0.15) is 8.78 Å². The lowest BCUT2D eigenvalue weighted by Crippen LogP contribution is -2.38. The van der Waals surface area contributed by atoms with Crippen molar-refractivity contribution in [2.75, 3.05) is 11.4 Å². The molecule has 0 heterocycles. The van der Waals surface area contributed by atoms with Gasteiger partial charge in [-0.05, 0) is 25.5 Å². The minimum absolute atomic E-state index is 0.0189. The van der Waals surface area contributed by atoms with Crippen LogP contribution >= 0.6 is 0 Å². The van der Waals surface area contributed by atoms with Gasteiger partial charge in [0.15, 0.2) is 0 Å². The minimum Gasteiger partial charge on any atom is -0.480 e. The Balaban J connectivity index is 3.43. The number of carboxylic acid groups (broad SMARTS) is 1. The fourth-order valence-corrected chi connectivity index (χ4v) is 2.81. The van der Waals surface area contributed by atoms with Crippen molar-refractivity contribution in [3.8, 4) is 0 Å². The number of anilines is 1. The molecule has 1 aromatic carbocycles. The van der Waals surface area contributed by atoms with E-state index in [1.54, 1.807) is 13.8 Å². The third kappa shape index (κ3) is 3.90. The lowest BCUT2D eigenvalue weighted by molar-refractivity contribution is -0.135. The molecule has 1 rings (SSSR count). The Morgan fingerprint density at radius 3 is 2.38 bits per heavy atom. The minimum atomic E-state index is -4.80. The molecule has 0 spiro atoms. The highest BCUT2D eigenvalue weighted by Gasteiger charge is 2.31. The molecule has 0 bridgehead atoms. The summed E-state index contributed by atoms with van der Waals surface area (Å²) in [6.45, 7) is 3.03. The molecular formula is C13H17F2NO4S. The number of carboxylic acids is 1. The van der Waals surface area contributed by atoms with Crippen molar-refractivity contribution in [3.05, 3.63) is 24.3 Å². The van der Waals surface area contributed by atoms with Gasteiger partial charge in [0.25, 0.3) is 0 Å².